The molecule has 2 saturated heterocycles. The first-order valence-electron chi connectivity index (χ1n) is 11.8. The van der Waals surface area contributed by atoms with E-state index in [4.69, 9.17) is 0 Å². The number of fused-ring (bicyclic) bond motifs is 2. The van der Waals surface area contributed by atoms with Gasteiger partial charge >= 0.3 is 0 Å². The molecule has 6 heteroatoms. The van der Waals surface area contributed by atoms with Gasteiger partial charge in [0.1, 0.15) is 11.5 Å². The summed E-state index contributed by atoms with van der Waals surface area (Å²) in [7, 11) is 0. The van der Waals surface area contributed by atoms with Gasteiger partial charge in [-0.3, -0.25) is 9.59 Å². The second kappa shape index (κ2) is 8.32. The molecule has 0 unspecified atom stereocenters. The number of nitrogens with zero attached hydrogens (tertiary/aromatic N) is 2. The summed E-state index contributed by atoms with van der Waals surface area (Å²) in [6, 6.07) is 14.4. The lowest BCUT2D eigenvalue weighted by molar-refractivity contribution is -0.140. The number of carbonyl (C=O) groups is 2. The maximum atomic E-state index is 13.6. The molecule has 0 radical (unpaired) electrons. The first-order valence-corrected chi connectivity index (χ1v) is 11.8. The molecule has 0 aliphatic carbocycles. The average Bonchev–Trinajstić information content (AvgIpc) is 3.35. The lowest BCUT2D eigenvalue weighted by Gasteiger charge is -2.45. The number of H-pyrrole nitrogens is 1. The van der Waals surface area contributed by atoms with Crippen molar-refractivity contribution in [2.24, 2.45) is 0 Å². The van der Waals surface area contributed by atoms with Crippen molar-refractivity contribution >= 4 is 22.7 Å². The van der Waals surface area contributed by atoms with Gasteiger partial charge in [0.2, 0.25) is 5.91 Å². The number of carbonyl (C=O) groups excluding carboxylic acids is 2. The quantitative estimate of drug-likeness (QED) is 0.601. The van der Waals surface area contributed by atoms with E-state index in [0.29, 0.717) is 30.6 Å². The number of halogens is 1. The molecule has 2 aliphatic heterocycles. The molecular formula is C27H30FN3O2. The Kier molecular flexibility index (Phi) is 5.47. The van der Waals surface area contributed by atoms with Crippen molar-refractivity contribution in [2.45, 2.75) is 64.1 Å². The smallest absolute Gasteiger partial charge is 0.270 e. The van der Waals surface area contributed by atoms with Crippen LogP contribution in [-0.2, 0) is 11.3 Å². The summed E-state index contributed by atoms with van der Waals surface area (Å²) in [6.07, 6.45) is 3.93. The Bertz CT molecular complexity index is 1220. The number of hydrogen-bond donors (Lipinski definition) is 1. The Morgan fingerprint density at radius 1 is 1.18 bits per heavy atom. The number of benzene rings is 2. The van der Waals surface area contributed by atoms with Crippen molar-refractivity contribution in [3.8, 4) is 0 Å². The second-order valence-corrected chi connectivity index (χ2v) is 9.69. The van der Waals surface area contributed by atoms with Crippen LogP contribution in [0.3, 0.4) is 0 Å². The van der Waals surface area contributed by atoms with E-state index in [2.05, 4.69) is 31.0 Å². The normalized spacial score (nSPS) is 23.5. The molecule has 2 aromatic carbocycles. The number of likely N-dealkylation sites (tertiary alicyclic amines) is 2. The van der Waals surface area contributed by atoms with Crippen molar-refractivity contribution in [3.63, 3.8) is 0 Å². The first-order chi connectivity index (χ1) is 15.9. The standard InChI is InChI=1S/C27H30FN3O2/c1-18-7-3-4-8-19(18)17-31-25(32)10-6-5-9-24-27(31,2)13-14-30(24)26(33)23-16-20-15-21(28)11-12-22(20)29-23/h3-4,7-8,11-12,15-16,24,29H,5-6,9-10,13-14,17H2,1-2H3/t24-,27-/m1/s1. The summed E-state index contributed by atoms with van der Waals surface area (Å²) < 4.78 is 13.6. The minimum Gasteiger partial charge on any atom is -0.351 e. The molecule has 1 aromatic heterocycles. The van der Waals surface area contributed by atoms with Gasteiger partial charge in [-0.15, -0.1) is 0 Å². The SMILES string of the molecule is Cc1ccccc1CN1C(=O)CCCC[C@H]2N(C(=O)c3cc4cc(F)ccc4[nH]3)CC[C@]21C. The molecule has 5 rings (SSSR count). The highest BCUT2D eigenvalue weighted by Crippen LogP contribution is 2.40. The molecule has 2 aliphatic rings. The third-order valence-electron chi connectivity index (χ3n) is 7.65. The van der Waals surface area contributed by atoms with Gasteiger partial charge in [0.25, 0.3) is 5.91 Å². The molecule has 3 heterocycles. The third-order valence-corrected chi connectivity index (χ3v) is 7.65. The molecule has 0 bridgehead atoms. The minimum atomic E-state index is -0.423. The number of hydrogen-bond acceptors (Lipinski definition) is 2. The van der Waals surface area contributed by atoms with Crippen LogP contribution in [0, 0.1) is 12.7 Å². The first kappa shape index (κ1) is 21.7. The summed E-state index contributed by atoms with van der Waals surface area (Å²) in [5, 5.41) is 0.689. The number of aromatic amines is 1. The van der Waals surface area contributed by atoms with Crippen molar-refractivity contribution in [1.29, 1.82) is 0 Å². The van der Waals surface area contributed by atoms with E-state index < -0.39 is 5.54 Å². The van der Waals surface area contributed by atoms with Gasteiger partial charge in [0.15, 0.2) is 0 Å². The van der Waals surface area contributed by atoms with E-state index in [1.807, 2.05) is 21.9 Å². The fourth-order valence-electron chi connectivity index (χ4n) is 5.66. The Balaban J connectivity index is 1.47. The largest absolute Gasteiger partial charge is 0.351 e. The predicted octanol–water partition coefficient (Wildman–Crippen LogP) is 5.19. The molecular weight excluding hydrogens is 417 g/mol. The predicted molar refractivity (Wildman–Crippen MR) is 126 cm³/mol. The van der Waals surface area contributed by atoms with Gasteiger partial charge in [-0.25, -0.2) is 4.39 Å². The van der Waals surface area contributed by atoms with Gasteiger partial charge in [0, 0.05) is 30.4 Å². The van der Waals surface area contributed by atoms with Crippen LogP contribution in [0.25, 0.3) is 10.9 Å². The van der Waals surface area contributed by atoms with Crippen molar-refractivity contribution < 1.29 is 14.0 Å². The number of aryl methyl sites for hydroxylation is 1. The van der Waals surface area contributed by atoms with Crippen LogP contribution in [-0.4, -0.2) is 44.7 Å². The molecule has 2 atom stereocenters. The van der Waals surface area contributed by atoms with Crippen LogP contribution in [0.1, 0.15) is 60.6 Å². The third kappa shape index (κ3) is 3.81. The van der Waals surface area contributed by atoms with Crippen LogP contribution in [0.4, 0.5) is 4.39 Å². The van der Waals surface area contributed by atoms with Gasteiger partial charge < -0.3 is 14.8 Å². The summed E-state index contributed by atoms with van der Waals surface area (Å²) >= 11 is 0. The van der Waals surface area contributed by atoms with Gasteiger partial charge in [0.05, 0.1) is 11.6 Å². The van der Waals surface area contributed by atoms with E-state index in [1.54, 1.807) is 12.1 Å². The van der Waals surface area contributed by atoms with Crippen molar-refractivity contribution in [3.05, 3.63) is 71.2 Å². The second-order valence-electron chi connectivity index (χ2n) is 9.69. The van der Waals surface area contributed by atoms with Crippen LogP contribution in [0.5, 0.6) is 0 Å². The molecule has 2 amide bonds. The molecule has 0 spiro atoms. The van der Waals surface area contributed by atoms with Crippen LogP contribution >= 0.6 is 0 Å². The molecule has 0 saturated carbocycles. The summed E-state index contributed by atoms with van der Waals surface area (Å²) in [5.74, 6) is -0.232. The number of aromatic nitrogens is 1. The van der Waals surface area contributed by atoms with Crippen LogP contribution < -0.4 is 0 Å². The Morgan fingerprint density at radius 2 is 2.00 bits per heavy atom. The topological polar surface area (TPSA) is 56.4 Å². The van der Waals surface area contributed by atoms with E-state index in [0.717, 1.165) is 36.8 Å². The summed E-state index contributed by atoms with van der Waals surface area (Å²) in [5.41, 5.74) is 3.11. The number of amides is 2. The zero-order valence-corrected chi connectivity index (χ0v) is 19.2. The highest BCUT2D eigenvalue weighted by Gasteiger charge is 2.51. The minimum absolute atomic E-state index is 0.0542. The maximum absolute atomic E-state index is 13.6. The Hall–Kier alpha value is -3.15. The Morgan fingerprint density at radius 3 is 2.82 bits per heavy atom. The average molecular weight is 448 g/mol. The highest BCUT2D eigenvalue weighted by molar-refractivity contribution is 5.98. The van der Waals surface area contributed by atoms with Crippen molar-refractivity contribution in [2.75, 3.05) is 6.54 Å². The number of rotatable bonds is 3. The lowest BCUT2D eigenvalue weighted by Crippen LogP contribution is -2.58. The fraction of sp³-hybridized carbons (Fsp3) is 0.407. The summed E-state index contributed by atoms with van der Waals surface area (Å²) in [6.45, 7) is 5.38. The molecule has 33 heavy (non-hydrogen) atoms. The van der Waals surface area contributed by atoms with E-state index in [-0.39, 0.29) is 23.7 Å². The lowest BCUT2D eigenvalue weighted by atomic mass is 9.84. The van der Waals surface area contributed by atoms with E-state index in [1.165, 1.54) is 17.7 Å². The van der Waals surface area contributed by atoms with Gasteiger partial charge in [-0.2, -0.15) is 0 Å². The molecule has 2 fully saturated rings. The van der Waals surface area contributed by atoms with Crippen molar-refractivity contribution in [1.82, 2.24) is 14.8 Å². The molecule has 1 N–H and O–H groups in total. The van der Waals surface area contributed by atoms with Crippen LogP contribution in [0.2, 0.25) is 0 Å². The number of nitrogens with one attached hydrogen (secondary N) is 1. The van der Waals surface area contributed by atoms with E-state index in [9.17, 15) is 14.0 Å². The zero-order valence-electron chi connectivity index (χ0n) is 19.2. The molecule has 3 aromatic rings. The van der Waals surface area contributed by atoms with E-state index >= 15 is 0 Å². The maximum Gasteiger partial charge on any atom is 0.270 e. The Labute approximate surface area is 193 Å². The van der Waals surface area contributed by atoms with Crippen LogP contribution in [0.15, 0.2) is 48.5 Å². The van der Waals surface area contributed by atoms with Gasteiger partial charge in [-0.05, 0) is 68.5 Å². The highest BCUT2D eigenvalue weighted by atomic mass is 19.1. The molecule has 5 nitrogen and oxygen atoms in total. The molecule has 172 valence electrons. The monoisotopic (exact) mass is 447 g/mol. The zero-order chi connectivity index (χ0) is 23.2. The fourth-order valence-corrected chi connectivity index (χ4v) is 5.66. The van der Waals surface area contributed by atoms with Gasteiger partial charge in [-0.1, -0.05) is 30.7 Å². The summed E-state index contributed by atoms with van der Waals surface area (Å²) in [4.78, 5) is 34.0.